The SMILES string of the molecule is CCO[C@H]1CN(C(OC2CCC(C(=O)O)CC2)(C(=O)Cc2cc(Cl)c(NC(=O)c3cn(C)c4ccccc34)cc2Cl)N2CCCC2)C[C@H]1OCC. The van der Waals surface area contributed by atoms with E-state index in [2.05, 4.69) is 15.1 Å². The summed E-state index contributed by atoms with van der Waals surface area (Å²) < 4.78 is 21.2. The fourth-order valence-electron chi connectivity index (χ4n) is 8.01. The molecule has 0 radical (unpaired) electrons. The molecule has 1 saturated carbocycles. The highest BCUT2D eigenvalue weighted by Gasteiger charge is 2.56. The zero-order chi connectivity index (χ0) is 36.3. The number of Topliss-reactive ketones (excluding diaryl/α,β-unsaturated/α-hetero) is 1. The first-order valence-corrected chi connectivity index (χ1v) is 18.8. The number of rotatable bonds is 14. The lowest BCUT2D eigenvalue weighted by molar-refractivity contribution is -0.254. The number of hydrogen-bond donors (Lipinski definition) is 2. The van der Waals surface area contributed by atoms with Gasteiger partial charge in [0, 0.05) is 75.0 Å². The van der Waals surface area contributed by atoms with Crippen molar-refractivity contribution in [3.63, 3.8) is 0 Å². The molecule has 1 aliphatic carbocycles. The van der Waals surface area contributed by atoms with Gasteiger partial charge in [-0.2, -0.15) is 0 Å². The number of anilines is 1. The maximum atomic E-state index is 15.1. The molecule has 3 atom stereocenters. The Labute approximate surface area is 309 Å². The Bertz CT molecular complexity index is 1720. The van der Waals surface area contributed by atoms with Gasteiger partial charge in [-0.1, -0.05) is 41.4 Å². The molecule has 2 saturated heterocycles. The average Bonchev–Trinajstić information content (AvgIpc) is 3.87. The van der Waals surface area contributed by atoms with E-state index < -0.39 is 17.7 Å². The molecular formula is C38H48Cl2N4O7. The van der Waals surface area contributed by atoms with Gasteiger partial charge in [0.1, 0.15) is 0 Å². The number of aryl methyl sites for hydroxylation is 1. The van der Waals surface area contributed by atoms with Gasteiger partial charge in [0.2, 0.25) is 5.85 Å². The Kier molecular flexibility index (Phi) is 12.1. The van der Waals surface area contributed by atoms with E-state index in [1.54, 1.807) is 18.3 Å². The summed E-state index contributed by atoms with van der Waals surface area (Å²) in [6.07, 6.45) is 4.76. The molecule has 3 aliphatic rings. The Morgan fingerprint density at radius 2 is 1.57 bits per heavy atom. The number of amides is 1. The molecule has 2 aliphatic heterocycles. The third kappa shape index (κ3) is 7.85. The molecule has 1 amide bonds. The average molecular weight is 744 g/mol. The van der Waals surface area contributed by atoms with E-state index in [0.29, 0.717) is 86.9 Å². The monoisotopic (exact) mass is 742 g/mol. The van der Waals surface area contributed by atoms with E-state index >= 15 is 4.79 Å². The largest absolute Gasteiger partial charge is 0.481 e. The molecule has 2 N–H and O–H groups in total. The molecule has 3 fully saturated rings. The molecule has 0 spiro atoms. The van der Waals surface area contributed by atoms with E-state index in [1.807, 2.05) is 49.7 Å². The summed E-state index contributed by atoms with van der Waals surface area (Å²) in [4.78, 5) is 44.4. The number of likely N-dealkylation sites (tertiary alicyclic amines) is 2. The van der Waals surface area contributed by atoms with Gasteiger partial charge in [-0.3, -0.25) is 24.2 Å². The minimum absolute atomic E-state index is 0.0772. The summed E-state index contributed by atoms with van der Waals surface area (Å²) in [5.74, 6) is -3.18. The van der Waals surface area contributed by atoms with E-state index in [9.17, 15) is 14.7 Å². The van der Waals surface area contributed by atoms with Crippen LogP contribution in [-0.4, -0.2) is 101 Å². The first-order valence-electron chi connectivity index (χ1n) is 18.1. The zero-order valence-electron chi connectivity index (χ0n) is 29.5. The number of fused-ring (bicyclic) bond motifs is 1. The fraction of sp³-hybridized carbons (Fsp3) is 0.553. The van der Waals surface area contributed by atoms with Crippen LogP contribution in [0.1, 0.15) is 68.3 Å². The van der Waals surface area contributed by atoms with Gasteiger partial charge in [-0.25, -0.2) is 0 Å². The highest BCUT2D eigenvalue weighted by Crippen LogP contribution is 2.39. The van der Waals surface area contributed by atoms with Gasteiger partial charge in [0.25, 0.3) is 5.91 Å². The topological polar surface area (TPSA) is 123 Å². The number of para-hydroxylation sites is 1. The van der Waals surface area contributed by atoms with E-state index in [4.69, 9.17) is 37.4 Å². The van der Waals surface area contributed by atoms with Crippen molar-refractivity contribution in [3.8, 4) is 0 Å². The lowest BCUT2D eigenvalue weighted by atomic mass is 9.87. The Balaban J connectivity index is 1.30. The van der Waals surface area contributed by atoms with E-state index in [-0.39, 0.29) is 41.4 Å². The minimum atomic E-state index is -1.45. The summed E-state index contributed by atoms with van der Waals surface area (Å²) in [7, 11) is 1.89. The van der Waals surface area contributed by atoms with Crippen LogP contribution in [0.4, 0.5) is 5.69 Å². The lowest BCUT2D eigenvalue weighted by Crippen LogP contribution is -2.67. The van der Waals surface area contributed by atoms with Crippen molar-refractivity contribution in [2.24, 2.45) is 13.0 Å². The van der Waals surface area contributed by atoms with Crippen molar-refractivity contribution in [2.45, 2.75) is 83.0 Å². The second-order valence-electron chi connectivity index (χ2n) is 13.8. The number of hydrogen-bond acceptors (Lipinski definition) is 8. The summed E-state index contributed by atoms with van der Waals surface area (Å²) >= 11 is 13.7. The van der Waals surface area contributed by atoms with Crippen LogP contribution in [0.15, 0.2) is 42.6 Å². The molecule has 0 bridgehead atoms. The maximum absolute atomic E-state index is 15.1. The normalized spacial score (nSPS) is 24.2. The van der Waals surface area contributed by atoms with Crippen LogP contribution in [0.25, 0.3) is 10.9 Å². The number of carboxylic acid groups (broad SMARTS) is 1. The zero-order valence-corrected chi connectivity index (χ0v) is 31.0. The molecule has 11 nitrogen and oxygen atoms in total. The van der Waals surface area contributed by atoms with Crippen LogP contribution in [0.3, 0.4) is 0 Å². The number of benzene rings is 2. The van der Waals surface area contributed by atoms with Gasteiger partial charge < -0.3 is 29.2 Å². The van der Waals surface area contributed by atoms with E-state index in [0.717, 1.165) is 23.7 Å². The van der Waals surface area contributed by atoms with Crippen molar-refractivity contribution in [2.75, 3.05) is 44.7 Å². The third-order valence-corrected chi connectivity index (χ3v) is 11.2. The van der Waals surface area contributed by atoms with Crippen LogP contribution >= 0.6 is 23.2 Å². The summed E-state index contributed by atoms with van der Waals surface area (Å²) in [6.45, 7) is 7.09. The van der Waals surface area contributed by atoms with Gasteiger partial charge in [0.15, 0.2) is 5.78 Å². The Morgan fingerprint density at radius 3 is 2.20 bits per heavy atom. The highest BCUT2D eigenvalue weighted by molar-refractivity contribution is 6.36. The predicted octanol–water partition coefficient (Wildman–Crippen LogP) is 6.38. The second kappa shape index (κ2) is 16.3. The fourth-order valence-corrected chi connectivity index (χ4v) is 8.47. The molecule has 6 rings (SSSR count). The van der Waals surface area contributed by atoms with Gasteiger partial charge >= 0.3 is 5.97 Å². The number of nitrogens with zero attached hydrogens (tertiary/aromatic N) is 3. The molecule has 2 aromatic carbocycles. The molecule has 1 aromatic heterocycles. The third-order valence-electron chi connectivity index (χ3n) is 10.5. The number of nitrogens with one attached hydrogen (secondary N) is 1. The number of ether oxygens (including phenoxy) is 3. The van der Waals surface area contributed by atoms with Crippen LogP contribution in [-0.2, 0) is 37.3 Å². The smallest absolute Gasteiger partial charge is 0.306 e. The van der Waals surface area contributed by atoms with Crippen LogP contribution in [0.2, 0.25) is 10.0 Å². The maximum Gasteiger partial charge on any atom is 0.306 e. The van der Waals surface area contributed by atoms with Gasteiger partial charge in [-0.15, -0.1) is 0 Å². The number of ketones is 1. The molecule has 1 unspecified atom stereocenters. The number of carbonyl (C=O) groups excluding carboxylic acids is 2. The predicted molar refractivity (Wildman–Crippen MR) is 196 cm³/mol. The molecule has 276 valence electrons. The van der Waals surface area contributed by atoms with Crippen LogP contribution in [0, 0.1) is 5.92 Å². The summed E-state index contributed by atoms with van der Waals surface area (Å²) in [5.41, 5.74) is 2.29. The van der Waals surface area contributed by atoms with Crippen molar-refractivity contribution < 1.29 is 33.7 Å². The first kappa shape index (κ1) is 37.7. The molecule has 51 heavy (non-hydrogen) atoms. The second-order valence-corrected chi connectivity index (χ2v) is 14.6. The minimum Gasteiger partial charge on any atom is -0.481 e. The molecule has 3 aromatic rings. The number of aliphatic carboxylic acids is 1. The molecular weight excluding hydrogens is 695 g/mol. The van der Waals surface area contributed by atoms with Crippen molar-refractivity contribution in [3.05, 3.63) is 63.8 Å². The number of carbonyl (C=O) groups is 3. The quantitative estimate of drug-likeness (QED) is 0.194. The number of aromatic nitrogens is 1. The number of halogens is 2. The molecule has 3 heterocycles. The Hall–Kier alpha value is -3.03. The standard InChI is InChI=1S/C38H48Cl2N4O7/c1-4-49-33-22-44(23-34(33)50-5-2)38(43-16-8-9-17-43,51-26-14-12-24(13-15-26)37(47)48)35(45)19-25-18-30(40)31(20-29(25)39)41-36(46)28-21-42(3)32-11-7-6-10-27(28)32/h6-7,10-11,18,20-21,24,26,33-34H,4-5,8-9,12-17,19,22-23H2,1-3H3,(H,41,46)(H,47,48)/t24?,26?,33-,34+,38?. The van der Waals surface area contributed by atoms with Gasteiger partial charge in [0.05, 0.1) is 40.5 Å². The lowest BCUT2D eigenvalue weighted by Gasteiger charge is -2.48. The summed E-state index contributed by atoms with van der Waals surface area (Å²) in [6, 6.07) is 10.9. The first-order chi connectivity index (χ1) is 24.5. The number of carboxylic acids is 1. The summed E-state index contributed by atoms with van der Waals surface area (Å²) in [5, 5.41) is 13.9. The highest BCUT2D eigenvalue weighted by atomic mass is 35.5. The molecule has 13 heteroatoms. The van der Waals surface area contributed by atoms with Crippen molar-refractivity contribution in [1.82, 2.24) is 14.4 Å². The van der Waals surface area contributed by atoms with Crippen molar-refractivity contribution in [1.29, 1.82) is 0 Å². The van der Waals surface area contributed by atoms with Crippen LogP contribution < -0.4 is 5.32 Å². The van der Waals surface area contributed by atoms with E-state index in [1.165, 1.54) is 0 Å². The van der Waals surface area contributed by atoms with Crippen molar-refractivity contribution >= 4 is 57.5 Å². The van der Waals surface area contributed by atoms with Gasteiger partial charge in [-0.05, 0) is 76.1 Å². The van der Waals surface area contributed by atoms with Crippen LogP contribution in [0.5, 0.6) is 0 Å². The Morgan fingerprint density at radius 1 is 0.922 bits per heavy atom.